The molecule has 0 N–H and O–H groups in total. The Kier molecular flexibility index (Phi) is 3.55. The van der Waals surface area contributed by atoms with Gasteiger partial charge in [0.2, 0.25) is 5.89 Å². The van der Waals surface area contributed by atoms with Crippen LogP contribution in [0.1, 0.15) is 42.0 Å². The highest BCUT2D eigenvalue weighted by molar-refractivity contribution is 5.98. The lowest BCUT2D eigenvalue weighted by molar-refractivity contribution is -0.0888. The summed E-state index contributed by atoms with van der Waals surface area (Å²) < 4.78 is 42.6. The van der Waals surface area contributed by atoms with E-state index in [0.717, 1.165) is 10.9 Å². The number of alkyl halides is 3. The third kappa shape index (κ3) is 3.00. The first-order valence-corrected chi connectivity index (χ1v) is 5.61. The highest BCUT2D eigenvalue weighted by atomic mass is 19.4. The molecule has 2 rings (SSSR count). The van der Waals surface area contributed by atoms with Gasteiger partial charge in [-0.2, -0.15) is 18.2 Å². The van der Waals surface area contributed by atoms with Gasteiger partial charge in [-0.1, -0.05) is 24.2 Å². The molecule has 0 radical (unpaired) electrons. The van der Waals surface area contributed by atoms with Crippen molar-refractivity contribution in [2.75, 3.05) is 0 Å². The van der Waals surface area contributed by atoms with Gasteiger partial charge < -0.3 is 4.52 Å². The van der Waals surface area contributed by atoms with Crippen LogP contribution in [0, 0.1) is 0 Å². The predicted molar refractivity (Wildman–Crippen MR) is 57.9 cm³/mol. The standard InChI is InChI=1S/C10H10F3N5O2/c1-5(2)9-14-7(16-20-9)4-18-3-6(15-17-18)8(19)10(11,12)13/h3,5H,4H2,1-2H3. The molecular weight excluding hydrogens is 279 g/mol. The minimum absolute atomic E-state index is 0.0334. The van der Waals surface area contributed by atoms with E-state index in [0.29, 0.717) is 5.89 Å². The van der Waals surface area contributed by atoms with E-state index in [1.165, 1.54) is 0 Å². The van der Waals surface area contributed by atoms with Gasteiger partial charge in [0.25, 0.3) is 5.78 Å². The van der Waals surface area contributed by atoms with Gasteiger partial charge in [0, 0.05) is 5.92 Å². The lowest BCUT2D eigenvalue weighted by Gasteiger charge is -1.99. The third-order valence-electron chi connectivity index (χ3n) is 2.31. The van der Waals surface area contributed by atoms with Crippen molar-refractivity contribution in [1.29, 1.82) is 0 Å². The molecule has 0 spiro atoms. The molecule has 0 aromatic carbocycles. The third-order valence-corrected chi connectivity index (χ3v) is 2.31. The first-order valence-electron chi connectivity index (χ1n) is 5.61. The van der Waals surface area contributed by atoms with Gasteiger partial charge in [-0.3, -0.25) is 4.79 Å². The zero-order chi connectivity index (χ0) is 14.9. The molecule has 7 nitrogen and oxygen atoms in total. The van der Waals surface area contributed by atoms with Gasteiger partial charge in [-0.25, -0.2) is 4.68 Å². The van der Waals surface area contributed by atoms with Crippen molar-refractivity contribution in [3.05, 3.63) is 23.6 Å². The quantitative estimate of drug-likeness (QED) is 0.794. The summed E-state index contributed by atoms with van der Waals surface area (Å²) in [7, 11) is 0. The fourth-order valence-corrected chi connectivity index (χ4v) is 1.34. The summed E-state index contributed by atoms with van der Waals surface area (Å²) in [6.45, 7) is 3.67. The highest BCUT2D eigenvalue weighted by Crippen LogP contribution is 2.20. The summed E-state index contributed by atoms with van der Waals surface area (Å²) in [5.41, 5.74) is -0.773. The molecule has 0 aliphatic rings. The Balaban J connectivity index is 2.11. The molecule has 0 bridgehead atoms. The van der Waals surface area contributed by atoms with Crippen LogP contribution in [0.3, 0.4) is 0 Å². The molecular formula is C10H10F3N5O2. The number of ketones is 1. The second-order valence-corrected chi connectivity index (χ2v) is 4.33. The Bertz CT molecular complexity index is 616. The van der Waals surface area contributed by atoms with Crippen LogP contribution >= 0.6 is 0 Å². The maximum absolute atomic E-state index is 12.2. The minimum atomic E-state index is -4.97. The Morgan fingerprint density at radius 3 is 2.70 bits per heavy atom. The first-order chi connectivity index (χ1) is 9.27. The van der Waals surface area contributed by atoms with Crippen LogP contribution in [-0.4, -0.2) is 37.1 Å². The molecule has 0 aliphatic heterocycles. The maximum Gasteiger partial charge on any atom is 0.456 e. The fraction of sp³-hybridized carbons (Fsp3) is 0.500. The largest absolute Gasteiger partial charge is 0.456 e. The average Bonchev–Trinajstić information content (AvgIpc) is 2.96. The van der Waals surface area contributed by atoms with Crippen LogP contribution in [0.2, 0.25) is 0 Å². The number of carbonyl (C=O) groups excluding carboxylic acids is 1. The molecule has 0 amide bonds. The van der Waals surface area contributed by atoms with E-state index >= 15 is 0 Å². The molecule has 2 aromatic rings. The molecule has 0 aliphatic carbocycles. The van der Waals surface area contributed by atoms with E-state index in [-0.39, 0.29) is 18.3 Å². The van der Waals surface area contributed by atoms with Gasteiger partial charge in [0.1, 0.15) is 6.54 Å². The van der Waals surface area contributed by atoms with Crippen LogP contribution in [0.4, 0.5) is 13.2 Å². The number of Topliss-reactive ketones (excluding diaryl/α,β-unsaturated/α-hetero) is 1. The molecule has 0 saturated carbocycles. The zero-order valence-electron chi connectivity index (χ0n) is 10.5. The zero-order valence-corrected chi connectivity index (χ0v) is 10.5. The number of hydrogen-bond donors (Lipinski definition) is 0. The van der Waals surface area contributed by atoms with Crippen LogP contribution in [0.25, 0.3) is 0 Å². The van der Waals surface area contributed by atoms with Crippen molar-refractivity contribution in [3.63, 3.8) is 0 Å². The van der Waals surface area contributed by atoms with E-state index in [4.69, 9.17) is 4.52 Å². The molecule has 0 fully saturated rings. The van der Waals surface area contributed by atoms with Gasteiger partial charge in [-0.05, 0) is 0 Å². The van der Waals surface area contributed by atoms with E-state index < -0.39 is 17.7 Å². The number of aromatic nitrogens is 5. The maximum atomic E-state index is 12.2. The monoisotopic (exact) mass is 289 g/mol. The van der Waals surface area contributed by atoms with Gasteiger partial charge in [0.15, 0.2) is 11.5 Å². The minimum Gasteiger partial charge on any atom is -0.339 e. The van der Waals surface area contributed by atoms with E-state index in [2.05, 4.69) is 20.5 Å². The summed E-state index contributed by atoms with van der Waals surface area (Å²) in [5.74, 6) is -1.36. The summed E-state index contributed by atoms with van der Waals surface area (Å²) in [5, 5.41) is 10.3. The topological polar surface area (TPSA) is 86.7 Å². The summed E-state index contributed by atoms with van der Waals surface area (Å²) in [4.78, 5) is 15.0. The average molecular weight is 289 g/mol. The van der Waals surface area contributed by atoms with Gasteiger partial charge in [0.05, 0.1) is 6.20 Å². The van der Waals surface area contributed by atoms with E-state index in [9.17, 15) is 18.0 Å². The van der Waals surface area contributed by atoms with Crippen molar-refractivity contribution in [3.8, 4) is 0 Å². The van der Waals surface area contributed by atoms with Crippen LogP contribution in [0.5, 0.6) is 0 Å². The number of halogens is 3. The normalized spacial score (nSPS) is 12.1. The van der Waals surface area contributed by atoms with Crippen molar-refractivity contribution in [1.82, 2.24) is 25.1 Å². The van der Waals surface area contributed by atoms with Crippen molar-refractivity contribution >= 4 is 5.78 Å². The lowest BCUT2D eigenvalue weighted by atomic mass is 10.2. The van der Waals surface area contributed by atoms with Crippen molar-refractivity contribution < 1.29 is 22.5 Å². The highest BCUT2D eigenvalue weighted by Gasteiger charge is 2.41. The fourth-order valence-electron chi connectivity index (χ4n) is 1.34. The van der Waals surface area contributed by atoms with Crippen LogP contribution in [0.15, 0.2) is 10.7 Å². The predicted octanol–water partition coefficient (Wildman–Crippen LogP) is 1.58. The molecule has 2 aromatic heterocycles. The number of hydrogen-bond acceptors (Lipinski definition) is 6. The molecule has 0 unspecified atom stereocenters. The molecule has 0 atom stereocenters. The summed E-state index contributed by atoms with van der Waals surface area (Å²) >= 11 is 0. The number of nitrogens with zero attached hydrogens (tertiary/aromatic N) is 5. The van der Waals surface area contributed by atoms with Crippen LogP contribution < -0.4 is 0 Å². The van der Waals surface area contributed by atoms with Crippen molar-refractivity contribution in [2.24, 2.45) is 0 Å². The Morgan fingerprint density at radius 2 is 2.15 bits per heavy atom. The molecule has 0 saturated heterocycles. The second-order valence-electron chi connectivity index (χ2n) is 4.33. The smallest absolute Gasteiger partial charge is 0.339 e. The van der Waals surface area contributed by atoms with E-state index in [1.54, 1.807) is 0 Å². The Morgan fingerprint density at radius 1 is 1.45 bits per heavy atom. The first kappa shape index (κ1) is 14.2. The van der Waals surface area contributed by atoms with Gasteiger partial charge >= 0.3 is 6.18 Å². The van der Waals surface area contributed by atoms with Crippen molar-refractivity contribution in [2.45, 2.75) is 32.5 Å². The van der Waals surface area contributed by atoms with Crippen LogP contribution in [-0.2, 0) is 6.54 Å². The van der Waals surface area contributed by atoms with Gasteiger partial charge in [-0.15, -0.1) is 5.10 Å². The summed E-state index contributed by atoms with van der Waals surface area (Å²) in [6.07, 6.45) is -4.08. The molecule has 108 valence electrons. The molecule has 2 heterocycles. The number of carbonyl (C=O) groups is 1. The second kappa shape index (κ2) is 5.02. The lowest BCUT2D eigenvalue weighted by Crippen LogP contribution is -2.23. The molecule has 20 heavy (non-hydrogen) atoms. The Hall–Kier alpha value is -2.26. The Labute approximate surface area is 110 Å². The summed E-state index contributed by atoms with van der Waals surface area (Å²) in [6, 6.07) is 0. The SMILES string of the molecule is CC(C)c1nc(Cn2cc(C(=O)C(F)(F)F)nn2)no1. The number of rotatable bonds is 4. The van der Waals surface area contributed by atoms with E-state index in [1.807, 2.05) is 13.8 Å². The molecule has 10 heteroatoms.